The minimum atomic E-state index is -5.19. The van der Waals surface area contributed by atoms with E-state index >= 15 is 0 Å². The van der Waals surface area contributed by atoms with Crippen LogP contribution >= 0.6 is 12.2 Å². The molecule has 3 rings (SSSR count). The van der Waals surface area contributed by atoms with Crippen LogP contribution < -0.4 is 10.6 Å². The molecule has 4 N–H and O–H groups in total. The Bertz CT molecular complexity index is 876. The second kappa shape index (κ2) is 6.82. The number of phenolic OH excluding ortho intramolecular Hbond substituents is 1. The molecule has 2 aromatic rings. The summed E-state index contributed by atoms with van der Waals surface area (Å²) in [7, 11) is 0. The van der Waals surface area contributed by atoms with E-state index < -0.39 is 34.8 Å². The van der Waals surface area contributed by atoms with Gasteiger partial charge in [-0.15, -0.1) is 0 Å². The topological polar surface area (TPSA) is 81.6 Å². The first-order valence-electron chi connectivity index (χ1n) is 7.89. The van der Waals surface area contributed by atoms with Crippen molar-refractivity contribution >= 4 is 23.1 Å². The first kappa shape index (κ1) is 19.1. The minimum Gasteiger partial charge on any atom is -0.508 e. The summed E-state index contributed by atoms with van der Waals surface area (Å²) in [5, 5.41) is 24.2. The molecule has 1 fully saturated rings. The second-order valence-electron chi connectivity index (χ2n) is 6.14. The Balaban J connectivity index is 2.17. The Hall–Kier alpha value is -2.65. The van der Waals surface area contributed by atoms with Crippen molar-refractivity contribution < 1.29 is 28.2 Å². The number of alkyl halides is 3. The van der Waals surface area contributed by atoms with Gasteiger partial charge in [-0.3, -0.25) is 4.79 Å². The van der Waals surface area contributed by atoms with Crippen LogP contribution in [-0.2, 0) is 0 Å². The zero-order valence-corrected chi connectivity index (χ0v) is 14.5. The van der Waals surface area contributed by atoms with Gasteiger partial charge in [0.15, 0.2) is 10.9 Å². The molecule has 0 spiro atoms. The van der Waals surface area contributed by atoms with Crippen LogP contribution in [0.1, 0.15) is 22.0 Å². The molecule has 3 atom stereocenters. The number of aromatic hydroxyl groups is 1. The second-order valence-corrected chi connectivity index (χ2v) is 6.55. The van der Waals surface area contributed by atoms with Crippen LogP contribution in [0.3, 0.4) is 0 Å². The Kier molecular flexibility index (Phi) is 4.83. The number of carbonyl (C=O) groups excluding carboxylic acids is 1. The average Bonchev–Trinajstić information content (AvgIpc) is 2.60. The number of carbonyl (C=O) groups is 1. The standard InChI is InChI=1S/C18H15F3N2O3S/c19-18(20,21)17(26)13(15(25)10-5-2-1-3-6-10)14(22-16(27)23-17)11-7-4-8-12(24)9-11/h1-9,13-14,24,26H,(H2,22,23,27)/t13-,14-,17-/m1/s1. The van der Waals surface area contributed by atoms with E-state index in [0.29, 0.717) is 0 Å². The third-order valence-electron chi connectivity index (χ3n) is 4.38. The summed E-state index contributed by atoms with van der Waals surface area (Å²) in [6.45, 7) is 0. The van der Waals surface area contributed by atoms with Crippen LogP contribution in [0.4, 0.5) is 13.2 Å². The lowest BCUT2D eigenvalue weighted by molar-refractivity contribution is -0.285. The molecule has 1 aliphatic rings. The Labute approximate surface area is 157 Å². The van der Waals surface area contributed by atoms with Crippen molar-refractivity contribution in [3.05, 3.63) is 65.7 Å². The lowest BCUT2D eigenvalue weighted by atomic mass is 9.77. The van der Waals surface area contributed by atoms with Gasteiger partial charge in [-0.25, -0.2) is 0 Å². The van der Waals surface area contributed by atoms with Crippen molar-refractivity contribution in [2.75, 3.05) is 0 Å². The van der Waals surface area contributed by atoms with Gasteiger partial charge in [0.25, 0.3) is 0 Å². The minimum absolute atomic E-state index is 0.00625. The number of phenols is 1. The van der Waals surface area contributed by atoms with Crippen molar-refractivity contribution in [1.82, 2.24) is 10.6 Å². The van der Waals surface area contributed by atoms with Crippen LogP contribution in [-0.4, -0.2) is 33.0 Å². The van der Waals surface area contributed by atoms with E-state index in [1.54, 1.807) is 6.07 Å². The van der Waals surface area contributed by atoms with Crippen LogP contribution in [0.25, 0.3) is 0 Å². The maximum absolute atomic E-state index is 13.8. The lowest BCUT2D eigenvalue weighted by Crippen LogP contribution is -2.72. The fraction of sp³-hybridized carbons (Fsp3) is 0.222. The van der Waals surface area contributed by atoms with E-state index in [1.165, 1.54) is 48.5 Å². The van der Waals surface area contributed by atoms with Crippen molar-refractivity contribution in [3.63, 3.8) is 0 Å². The molecule has 0 aromatic heterocycles. The molecule has 9 heteroatoms. The van der Waals surface area contributed by atoms with E-state index in [-0.39, 0.29) is 16.9 Å². The molecule has 0 aliphatic carbocycles. The smallest absolute Gasteiger partial charge is 0.437 e. The number of Topliss-reactive ketones (excluding diaryl/α,β-unsaturated/α-hetero) is 1. The first-order valence-corrected chi connectivity index (χ1v) is 8.30. The predicted molar refractivity (Wildman–Crippen MR) is 95.0 cm³/mol. The zero-order chi connectivity index (χ0) is 19.8. The van der Waals surface area contributed by atoms with Crippen molar-refractivity contribution in [1.29, 1.82) is 0 Å². The summed E-state index contributed by atoms with van der Waals surface area (Å²) < 4.78 is 41.4. The summed E-state index contributed by atoms with van der Waals surface area (Å²) in [6.07, 6.45) is -5.19. The summed E-state index contributed by atoms with van der Waals surface area (Å²) in [6, 6.07) is 11.5. The van der Waals surface area contributed by atoms with E-state index in [0.717, 1.165) is 0 Å². The van der Waals surface area contributed by atoms with E-state index in [4.69, 9.17) is 12.2 Å². The molecule has 1 heterocycles. The third-order valence-corrected chi connectivity index (χ3v) is 4.60. The van der Waals surface area contributed by atoms with E-state index in [1.807, 2.05) is 5.32 Å². The van der Waals surface area contributed by atoms with Gasteiger partial charge in [0.05, 0.1) is 6.04 Å². The number of hydrogen-bond acceptors (Lipinski definition) is 4. The zero-order valence-electron chi connectivity index (χ0n) is 13.7. The van der Waals surface area contributed by atoms with Gasteiger partial charge in [0.1, 0.15) is 11.7 Å². The fourth-order valence-corrected chi connectivity index (χ4v) is 3.40. The molecule has 5 nitrogen and oxygen atoms in total. The molecule has 27 heavy (non-hydrogen) atoms. The van der Waals surface area contributed by atoms with Gasteiger partial charge in [-0.1, -0.05) is 42.5 Å². The third kappa shape index (κ3) is 3.47. The molecule has 2 aromatic carbocycles. The summed E-state index contributed by atoms with van der Waals surface area (Å²) in [5.74, 6) is -3.11. The Morgan fingerprint density at radius 1 is 1.11 bits per heavy atom. The van der Waals surface area contributed by atoms with Crippen LogP contribution in [0.5, 0.6) is 5.75 Å². The highest BCUT2D eigenvalue weighted by Gasteiger charge is 2.65. The van der Waals surface area contributed by atoms with Gasteiger partial charge >= 0.3 is 6.18 Å². The molecule has 0 amide bonds. The summed E-state index contributed by atoms with van der Waals surface area (Å²) >= 11 is 4.83. The van der Waals surface area contributed by atoms with Crippen molar-refractivity contribution in [3.8, 4) is 5.75 Å². The molecule has 0 radical (unpaired) electrons. The molecular formula is C18H15F3N2O3S. The number of rotatable bonds is 3. The van der Waals surface area contributed by atoms with Gasteiger partial charge in [0.2, 0.25) is 5.72 Å². The number of nitrogens with one attached hydrogen (secondary N) is 2. The highest BCUT2D eigenvalue weighted by atomic mass is 32.1. The number of thiocarbonyl (C=S) groups is 1. The monoisotopic (exact) mass is 396 g/mol. The molecule has 142 valence electrons. The van der Waals surface area contributed by atoms with Crippen molar-refractivity contribution in [2.24, 2.45) is 5.92 Å². The SMILES string of the molecule is O=C(c1ccccc1)[C@H]1[C@@H](c2cccc(O)c2)NC(=S)N[C@]1(O)C(F)(F)F. The molecule has 0 saturated carbocycles. The van der Waals surface area contributed by atoms with Gasteiger partial charge in [-0.05, 0) is 29.9 Å². The maximum atomic E-state index is 13.8. The van der Waals surface area contributed by atoms with Gasteiger partial charge in [0, 0.05) is 5.56 Å². The number of aliphatic hydroxyl groups is 1. The fourth-order valence-electron chi connectivity index (χ4n) is 3.12. The first-order chi connectivity index (χ1) is 12.6. The lowest BCUT2D eigenvalue weighted by Gasteiger charge is -2.46. The molecule has 0 unspecified atom stereocenters. The Morgan fingerprint density at radius 2 is 1.78 bits per heavy atom. The average molecular weight is 396 g/mol. The molecule has 1 aliphatic heterocycles. The number of halogens is 3. The van der Waals surface area contributed by atoms with Gasteiger partial charge in [-0.2, -0.15) is 13.2 Å². The maximum Gasteiger partial charge on any atom is 0.437 e. The van der Waals surface area contributed by atoms with E-state index in [2.05, 4.69) is 5.32 Å². The molecular weight excluding hydrogens is 381 g/mol. The summed E-state index contributed by atoms with van der Waals surface area (Å²) in [5.41, 5.74) is -3.40. The van der Waals surface area contributed by atoms with Crippen LogP contribution in [0.15, 0.2) is 54.6 Å². The normalized spacial score (nSPS) is 25.4. The van der Waals surface area contributed by atoms with Crippen LogP contribution in [0, 0.1) is 5.92 Å². The highest BCUT2D eigenvalue weighted by molar-refractivity contribution is 7.80. The van der Waals surface area contributed by atoms with E-state index in [9.17, 15) is 28.2 Å². The number of benzene rings is 2. The van der Waals surface area contributed by atoms with Crippen LogP contribution in [0.2, 0.25) is 0 Å². The van der Waals surface area contributed by atoms with Gasteiger partial charge < -0.3 is 20.8 Å². The summed E-state index contributed by atoms with van der Waals surface area (Å²) in [4.78, 5) is 13.0. The number of hydrogen-bond donors (Lipinski definition) is 4. The molecule has 0 bridgehead atoms. The van der Waals surface area contributed by atoms with Crippen molar-refractivity contribution in [2.45, 2.75) is 17.9 Å². The molecule has 1 saturated heterocycles. The predicted octanol–water partition coefficient (Wildman–Crippen LogP) is 2.66. The highest BCUT2D eigenvalue weighted by Crippen LogP contribution is 2.44. The Morgan fingerprint density at radius 3 is 2.37 bits per heavy atom. The number of ketones is 1. The largest absolute Gasteiger partial charge is 0.508 e. The quantitative estimate of drug-likeness (QED) is 0.472.